The summed E-state index contributed by atoms with van der Waals surface area (Å²) >= 11 is 0. The van der Waals surface area contributed by atoms with E-state index in [1.54, 1.807) is 13.1 Å². The summed E-state index contributed by atoms with van der Waals surface area (Å²) in [6.07, 6.45) is 2.27. The molecule has 9 heteroatoms. The van der Waals surface area contributed by atoms with Crippen molar-refractivity contribution in [1.29, 1.82) is 0 Å². The van der Waals surface area contributed by atoms with Crippen LogP contribution >= 0.6 is 0 Å². The van der Waals surface area contributed by atoms with Crippen LogP contribution in [0.15, 0.2) is 16.8 Å². The van der Waals surface area contributed by atoms with Crippen LogP contribution in [0.25, 0.3) is 0 Å². The summed E-state index contributed by atoms with van der Waals surface area (Å²) in [7, 11) is -3.31. The zero-order valence-corrected chi connectivity index (χ0v) is 13.5. The Labute approximate surface area is 129 Å². The minimum absolute atomic E-state index is 0.136. The van der Waals surface area contributed by atoms with Crippen molar-refractivity contribution in [2.75, 3.05) is 12.3 Å². The number of rotatable bonds is 4. The lowest BCUT2D eigenvalue weighted by atomic mass is 10.1. The fraction of sp³-hybridized carbons (Fsp3) is 0.615. The van der Waals surface area contributed by atoms with Crippen LogP contribution in [-0.2, 0) is 23.1 Å². The Balaban J connectivity index is 1.96. The molecule has 0 bridgehead atoms. The van der Waals surface area contributed by atoms with Gasteiger partial charge in [0.05, 0.1) is 30.5 Å². The standard InChI is InChI=1S/C13H19N5O3S/c1-3-6-22(19,20)17-7-11(13-15-10(2)16-21-13)8-18-12(9-17)4-5-14-18/h4-5,11H,3,6-9H2,1-2H3. The topological polar surface area (TPSA) is 94.1 Å². The van der Waals surface area contributed by atoms with Gasteiger partial charge in [0.15, 0.2) is 5.82 Å². The maximum absolute atomic E-state index is 12.5. The average Bonchev–Trinajstić information content (AvgIpc) is 3.03. The van der Waals surface area contributed by atoms with Gasteiger partial charge >= 0.3 is 0 Å². The molecule has 2 aromatic rings. The van der Waals surface area contributed by atoms with Crippen molar-refractivity contribution < 1.29 is 12.9 Å². The van der Waals surface area contributed by atoms with Gasteiger partial charge in [-0.2, -0.15) is 14.4 Å². The number of hydrogen-bond donors (Lipinski definition) is 0. The van der Waals surface area contributed by atoms with Crippen LogP contribution in [0.4, 0.5) is 0 Å². The molecule has 0 aliphatic carbocycles. The molecule has 1 aliphatic rings. The largest absolute Gasteiger partial charge is 0.339 e. The molecule has 1 atom stereocenters. The summed E-state index contributed by atoms with van der Waals surface area (Å²) in [6.45, 7) is 4.79. The number of fused-ring (bicyclic) bond motifs is 1. The molecule has 0 saturated heterocycles. The van der Waals surface area contributed by atoms with Crippen LogP contribution in [-0.4, -0.2) is 44.9 Å². The zero-order chi connectivity index (χ0) is 15.7. The molecule has 0 spiro atoms. The molecular weight excluding hydrogens is 306 g/mol. The monoisotopic (exact) mass is 325 g/mol. The normalized spacial score (nSPS) is 19.8. The minimum atomic E-state index is -3.31. The summed E-state index contributed by atoms with van der Waals surface area (Å²) in [5.41, 5.74) is 0.874. The predicted molar refractivity (Wildman–Crippen MR) is 78.5 cm³/mol. The van der Waals surface area contributed by atoms with Gasteiger partial charge in [0, 0.05) is 12.7 Å². The van der Waals surface area contributed by atoms with Crippen LogP contribution < -0.4 is 0 Å². The molecule has 2 aromatic heterocycles. The maximum atomic E-state index is 12.5. The molecule has 0 fully saturated rings. The van der Waals surface area contributed by atoms with Gasteiger partial charge in [-0.15, -0.1) is 0 Å². The molecule has 0 amide bonds. The molecule has 1 aliphatic heterocycles. The lowest BCUT2D eigenvalue weighted by Crippen LogP contribution is -2.35. The summed E-state index contributed by atoms with van der Waals surface area (Å²) in [6, 6.07) is 1.84. The summed E-state index contributed by atoms with van der Waals surface area (Å²) < 4.78 is 33.5. The van der Waals surface area contributed by atoms with Gasteiger partial charge in [-0.05, 0) is 19.4 Å². The Morgan fingerprint density at radius 2 is 2.23 bits per heavy atom. The highest BCUT2D eigenvalue weighted by Crippen LogP contribution is 2.25. The molecule has 1 unspecified atom stereocenters. The molecule has 120 valence electrons. The zero-order valence-electron chi connectivity index (χ0n) is 12.6. The summed E-state index contributed by atoms with van der Waals surface area (Å²) in [5, 5.41) is 8.07. The van der Waals surface area contributed by atoms with E-state index in [1.807, 2.05) is 17.7 Å². The Morgan fingerprint density at radius 1 is 1.41 bits per heavy atom. The Bertz CT molecular complexity index is 751. The molecule has 0 aromatic carbocycles. The Morgan fingerprint density at radius 3 is 2.91 bits per heavy atom. The third kappa shape index (κ3) is 2.91. The van der Waals surface area contributed by atoms with Crippen molar-refractivity contribution in [3.63, 3.8) is 0 Å². The number of aryl methyl sites for hydroxylation is 1. The fourth-order valence-electron chi connectivity index (χ4n) is 2.65. The third-order valence-electron chi connectivity index (χ3n) is 3.71. The first-order chi connectivity index (χ1) is 10.5. The second kappa shape index (κ2) is 5.81. The SMILES string of the molecule is CCCS(=O)(=O)N1Cc2ccnn2CC(c2nc(C)no2)C1. The Hall–Kier alpha value is -1.74. The molecule has 8 nitrogen and oxygen atoms in total. The van der Waals surface area contributed by atoms with E-state index in [9.17, 15) is 8.42 Å². The van der Waals surface area contributed by atoms with Crippen LogP contribution in [0.3, 0.4) is 0 Å². The first-order valence-electron chi connectivity index (χ1n) is 7.28. The summed E-state index contributed by atoms with van der Waals surface area (Å²) in [4.78, 5) is 4.26. The highest BCUT2D eigenvalue weighted by Gasteiger charge is 2.32. The van der Waals surface area contributed by atoms with Crippen LogP contribution in [0.2, 0.25) is 0 Å². The van der Waals surface area contributed by atoms with Gasteiger partial charge in [0.2, 0.25) is 15.9 Å². The first-order valence-corrected chi connectivity index (χ1v) is 8.89. The van der Waals surface area contributed by atoms with E-state index in [4.69, 9.17) is 4.52 Å². The van der Waals surface area contributed by atoms with Crippen molar-refractivity contribution in [3.8, 4) is 0 Å². The quantitative estimate of drug-likeness (QED) is 0.829. The maximum Gasteiger partial charge on any atom is 0.232 e. The van der Waals surface area contributed by atoms with E-state index in [0.717, 1.165) is 5.69 Å². The van der Waals surface area contributed by atoms with E-state index < -0.39 is 10.0 Å². The van der Waals surface area contributed by atoms with Gasteiger partial charge in [0.1, 0.15) is 0 Å². The molecule has 0 N–H and O–H groups in total. The predicted octanol–water partition coefficient (Wildman–Crippen LogP) is 0.914. The van der Waals surface area contributed by atoms with Gasteiger partial charge in [0.25, 0.3) is 0 Å². The van der Waals surface area contributed by atoms with Crippen molar-refractivity contribution in [2.24, 2.45) is 0 Å². The number of hydrogen-bond acceptors (Lipinski definition) is 6. The molecule has 3 rings (SSSR count). The van der Waals surface area contributed by atoms with Crippen molar-refractivity contribution >= 4 is 10.0 Å². The summed E-state index contributed by atoms with van der Waals surface area (Å²) in [5.74, 6) is 0.936. The van der Waals surface area contributed by atoms with Crippen molar-refractivity contribution in [2.45, 2.75) is 39.3 Å². The fourth-order valence-corrected chi connectivity index (χ4v) is 4.16. The number of nitrogens with zero attached hydrogens (tertiary/aromatic N) is 5. The van der Waals surface area contributed by atoms with E-state index in [1.165, 1.54) is 4.31 Å². The average molecular weight is 325 g/mol. The van der Waals surface area contributed by atoms with Crippen molar-refractivity contribution in [1.82, 2.24) is 24.2 Å². The first kappa shape index (κ1) is 15.2. The van der Waals surface area contributed by atoms with E-state index in [-0.39, 0.29) is 11.7 Å². The molecule has 0 saturated carbocycles. The van der Waals surface area contributed by atoms with Gasteiger partial charge in [-0.3, -0.25) is 4.68 Å². The molecule has 3 heterocycles. The third-order valence-corrected chi connectivity index (χ3v) is 5.70. The number of aromatic nitrogens is 4. The van der Waals surface area contributed by atoms with E-state index in [0.29, 0.717) is 37.8 Å². The van der Waals surface area contributed by atoms with E-state index >= 15 is 0 Å². The van der Waals surface area contributed by atoms with Gasteiger partial charge in [-0.1, -0.05) is 12.1 Å². The van der Waals surface area contributed by atoms with Crippen molar-refractivity contribution in [3.05, 3.63) is 29.7 Å². The highest BCUT2D eigenvalue weighted by molar-refractivity contribution is 7.89. The molecule has 22 heavy (non-hydrogen) atoms. The van der Waals surface area contributed by atoms with Gasteiger partial charge < -0.3 is 4.52 Å². The second-order valence-corrected chi connectivity index (χ2v) is 7.58. The Kier molecular flexibility index (Phi) is 4.00. The van der Waals surface area contributed by atoms with Crippen LogP contribution in [0.1, 0.15) is 36.7 Å². The van der Waals surface area contributed by atoms with Crippen LogP contribution in [0, 0.1) is 6.92 Å². The lowest BCUT2D eigenvalue weighted by molar-refractivity contribution is 0.307. The van der Waals surface area contributed by atoms with Gasteiger partial charge in [-0.25, -0.2) is 8.42 Å². The van der Waals surface area contributed by atoms with Crippen LogP contribution in [0.5, 0.6) is 0 Å². The lowest BCUT2D eigenvalue weighted by Gasteiger charge is -2.21. The molecular formula is C13H19N5O3S. The minimum Gasteiger partial charge on any atom is -0.339 e. The molecule has 0 radical (unpaired) electrons. The second-order valence-electron chi connectivity index (χ2n) is 5.49. The number of sulfonamides is 1. The smallest absolute Gasteiger partial charge is 0.232 e. The highest BCUT2D eigenvalue weighted by atomic mass is 32.2. The van der Waals surface area contributed by atoms with E-state index in [2.05, 4.69) is 15.2 Å².